The van der Waals surface area contributed by atoms with E-state index in [9.17, 15) is 0 Å². The summed E-state index contributed by atoms with van der Waals surface area (Å²) in [5, 5.41) is 7.62. The number of nitrogens with one attached hydrogen (secondary N) is 1. The molecule has 4 heterocycles. The van der Waals surface area contributed by atoms with E-state index in [0.29, 0.717) is 6.54 Å². The molecule has 0 bridgehead atoms. The van der Waals surface area contributed by atoms with Crippen LogP contribution in [0.4, 0.5) is 5.95 Å². The van der Waals surface area contributed by atoms with Crippen LogP contribution in [0.5, 0.6) is 11.5 Å². The van der Waals surface area contributed by atoms with Gasteiger partial charge in [-0.3, -0.25) is 4.90 Å². The lowest BCUT2D eigenvalue weighted by atomic mass is 10.1. The summed E-state index contributed by atoms with van der Waals surface area (Å²) >= 11 is 0. The third-order valence-corrected chi connectivity index (χ3v) is 5.34. The molecule has 2 aromatic heterocycles. The van der Waals surface area contributed by atoms with Crippen LogP contribution in [-0.4, -0.2) is 66.1 Å². The summed E-state index contributed by atoms with van der Waals surface area (Å²) in [4.78, 5) is 13.3. The van der Waals surface area contributed by atoms with Gasteiger partial charge in [-0.25, -0.2) is 9.97 Å². The minimum atomic E-state index is 0.266. The minimum Gasteiger partial charge on any atom is -0.454 e. The number of rotatable bonds is 7. The van der Waals surface area contributed by atoms with E-state index in [-0.39, 0.29) is 6.79 Å². The average Bonchev–Trinajstić information content (AvgIpc) is 3.47. The molecule has 30 heavy (non-hydrogen) atoms. The van der Waals surface area contributed by atoms with Crippen molar-refractivity contribution in [2.45, 2.75) is 6.54 Å². The molecule has 2 aliphatic heterocycles. The van der Waals surface area contributed by atoms with Gasteiger partial charge in [-0.1, -0.05) is 5.16 Å². The molecule has 0 amide bonds. The maximum absolute atomic E-state index is 5.47. The summed E-state index contributed by atoms with van der Waals surface area (Å²) in [6.45, 7) is 6.72. The summed E-state index contributed by atoms with van der Waals surface area (Å²) < 4.78 is 16.3. The van der Waals surface area contributed by atoms with Crippen LogP contribution < -0.4 is 19.7 Å². The molecule has 9 nitrogen and oxygen atoms in total. The van der Waals surface area contributed by atoms with Gasteiger partial charge in [-0.05, 0) is 24.3 Å². The summed E-state index contributed by atoms with van der Waals surface area (Å²) in [5.74, 6) is 3.14. The Hall–Kier alpha value is -3.17. The van der Waals surface area contributed by atoms with Gasteiger partial charge in [0.25, 0.3) is 0 Å². The fraction of sp³-hybridized carbons (Fsp3) is 0.381. The van der Waals surface area contributed by atoms with Crippen LogP contribution in [-0.2, 0) is 6.54 Å². The van der Waals surface area contributed by atoms with Gasteiger partial charge < -0.3 is 24.2 Å². The Morgan fingerprint density at radius 1 is 0.967 bits per heavy atom. The summed E-state index contributed by atoms with van der Waals surface area (Å²) in [5.41, 5.74) is 1.75. The maximum atomic E-state index is 5.47. The summed E-state index contributed by atoms with van der Waals surface area (Å²) in [6, 6.07) is 9.59. The van der Waals surface area contributed by atoms with Gasteiger partial charge in [0.2, 0.25) is 12.7 Å². The Morgan fingerprint density at radius 3 is 2.67 bits per heavy atom. The third-order valence-electron chi connectivity index (χ3n) is 5.34. The van der Waals surface area contributed by atoms with Crippen LogP contribution >= 0.6 is 0 Å². The van der Waals surface area contributed by atoms with Gasteiger partial charge in [-0.2, -0.15) is 0 Å². The number of hydrogen-bond donors (Lipinski definition) is 1. The molecule has 3 aromatic rings. The maximum Gasteiger partial charge on any atom is 0.231 e. The van der Waals surface area contributed by atoms with Crippen molar-refractivity contribution in [1.82, 2.24) is 25.3 Å². The van der Waals surface area contributed by atoms with Crippen LogP contribution in [0, 0.1) is 0 Å². The molecule has 1 aromatic carbocycles. The zero-order valence-electron chi connectivity index (χ0n) is 16.7. The quantitative estimate of drug-likeness (QED) is 0.588. The highest BCUT2D eigenvalue weighted by Gasteiger charge is 2.18. The van der Waals surface area contributed by atoms with Gasteiger partial charge in [0.05, 0.1) is 6.54 Å². The second-order valence-electron chi connectivity index (χ2n) is 7.30. The van der Waals surface area contributed by atoms with Crippen LogP contribution in [0.2, 0.25) is 0 Å². The van der Waals surface area contributed by atoms with Crippen molar-refractivity contribution in [3.63, 3.8) is 0 Å². The molecule has 0 aliphatic carbocycles. The molecule has 0 unspecified atom stereocenters. The molecule has 0 spiro atoms. The number of hydrogen-bond acceptors (Lipinski definition) is 9. The molecule has 0 atom stereocenters. The number of anilines is 1. The Morgan fingerprint density at radius 2 is 1.80 bits per heavy atom. The lowest BCUT2D eigenvalue weighted by Crippen LogP contribution is -2.48. The van der Waals surface area contributed by atoms with Gasteiger partial charge in [0, 0.05) is 63.3 Å². The molecule has 2 aliphatic rings. The second kappa shape index (κ2) is 8.68. The fourth-order valence-corrected chi connectivity index (χ4v) is 3.66. The monoisotopic (exact) mass is 408 g/mol. The first-order valence-electron chi connectivity index (χ1n) is 10.2. The predicted molar refractivity (Wildman–Crippen MR) is 110 cm³/mol. The fourth-order valence-electron chi connectivity index (χ4n) is 3.66. The second-order valence-corrected chi connectivity index (χ2v) is 7.30. The van der Waals surface area contributed by atoms with E-state index < -0.39 is 0 Å². The van der Waals surface area contributed by atoms with Crippen LogP contribution in [0.15, 0.2) is 47.2 Å². The Labute approximate surface area is 174 Å². The van der Waals surface area contributed by atoms with Crippen molar-refractivity contribution >= 4 is 5.95 Å². The van der Waals surface area contributed by atoms with Crippen molar-refractivity contribution in [2.75, 3.05) is 51.0 Å². The number of aromatic nitrogens is 3. The minimum absolute atomic E-state index is 0.266. The van der Waals surface area contributed by atoms with Gasteiger partial charge in [0.15, 0.2) is 17.3 Å². The topological polar surface area (TPSA) is 88.8 Å². The standard InChI is InChI=1S/C21H24N6O3/c1-4-23-21(24-5-1)27-10-8-26(9-11-27)7-6-22-14-17-13-18(25-30-17)16-2-3-19-20(12-16)29-15-28-19/h1-5,12-13,22H,6-11,14-15H2. The van der Waals surface area contributed by atoms with E-state index in [1.807, 2.05) is 30.3 Å². The normalized spacial score (nSPS) is 16.2. The van der Waals surface area contributed by atoms with Crippen molar-refractivity contribution in [1.29, 1.82) is 0 Å². The van der Waals surface area contributed by atoms with Crippen LogP contribution in [0.25, 0.3) is 11.3 Å². The van der Waals surface area contributed by atoms with Crippen molar-refractivity contribution < 1.29 is 14.0 Å². The number of nitrogens with zero attached hydrogens (tertiary/aromatic N) is 5. The molecule has 0 radical (unpaired) electrons. The molecule has 0 saturated carbocycles. The van der Waals surface area contributed by atoms with Gasteiger partial charge >= 0.3 is 0 Å². The number of ether oxygens (including phenoxy) is 2. The molecule has 9 heteroatoms. The Kier molecular flexibility index (Phi) is 5.45. The SMILES string of the molecule is c1cnc(N2CCN(CCNCc3cc(-c4ccc5c(c4)OCO5)no3)CC2)nc1. The highest BCUT2D eigenvalue weighted by Crippen LogP contribution is 2.35. The zero-order valence-corrected chi connectivity index (χ0v) is 16.7. The van der Waals surface area contributed by atoms with Crippen molar-refractivity contribution in [3.05, 3.63) is 48.5 Å². The summed E-state index contributed by atoms with van der Waals surface area (Å²) in [7, 11) is 0. The van der Waals surface area contributed by atoms with Gasteiger partial charge in [0.1, 0.15) is 5.69 Å². The Balaban J connectivity index is 1.05. The highest BCUT2D eigenvalue weighted by atomic mass is 16.7. The number of benzene rings is 1. The molecular formula is C21H24N6O3. The largest absolute Gasteiger partial charge is 0.454 e. The highest BCUT2D eigenvalue weighted by molar-refractivity contribution is 5.64. The average molecular weight is 408 g/mol. The van der Waals surface area contributed by atoms with E-state index in [1.165, 1.54) is 0 Å². The van der Waals surface area contributed by atoms with Crippen LogP contribution in [0.3, 0.4) is 0 Å². The molecular weight excluding hydrogens is 384 g/mol. The van der Waals surface area contributed by atoms with Gasteiger partial charge in [-0.15, -0.1) is 0 Å². The number of piperazine rings is 1. The van der Waals surface area contributed by atoms with E-state index in [4.69, 9.17) is 14.0 Å². The predicted octanol–water partition coefficient (Wildman–Crippen LogP) is 1.77. The smallest absolute Gasteiger partial charge is 0.231 e. The van der Waals surface area contributed by atoms with Crippen molar-refractivity contribution in [2.24, 2.45) is 0 Å². The first-order valence-corrected chi connectivity index (χ1v) is 10.2. The first kappa shape index (κ1) is 18.8. The lowest BCUT2D eigenvalue weighted by Gasteiger charge is -2.34. The lowest BCUT2D eigenvalue weighted by molar-refractivity contribution is 0.174. The molecule has 5 rings (SSSR count). The molecule has 1 fully saturated rings. The van der Waals surface area contributed by atoms with E-state index >= 15 is 0 Å². The van der Waals surface area contributed by atoms with E-state index in [2.05, 4.69) is 30.2 Å². The van der Waals surface area contributed by atoms with E-state index in [1.54, 1.807) is 12.4 Å². The first-order chi connectivity index (χ1) is 14.8. The Bertz CT molecular complexity index is 972. The van der Waals surface area contributed by atoms with Crippen molar-refractivity contribution in [3.8, 4) is 22.8 Å². The zero-order chi connectivity index (χ0) is 20.2. The molecule has 156 valence electrons. The molecule has 1 saturated heterocycles. The molecule has 1 N–H and O–H groups in total. The number of fused-ring (bicyclic) bond motifs is 1. The van der Waals surface area contributed by atoms with Crippen LogP contribution in [0.1, 0.15) is 5.76 Å². The summed E-state index contributed by atoms with van der Waals surface area (Å²) in [6.07, 6.45) is 3.58. The third kappa shape index (κ3) is 4.22. The van der Waals surface area contributed by atoms with E-state index in [0.717, 1.165) is 73.7 Å².